The van der Waals surface area contributed by atoms with Gasteiger partial charge in [-0.25, -0.2) is 0 Å². The van der Waals surface area contributed by atoms with Crippen molar-refractivity contribution in [1.82, 2.24) is 0 Å². The molecule has 2 N–H and O–H groups in total. The third-order valence-electron chi connectivity index (χ3n) is 4.86. The summed E-state index contributed by atoms with van der Waals surface area (Å²) in [5.74, 6) is 1.96. The van der Waals surface area contributed by atoms with E-state index in [2.05, 4.69) is 0 Å². The number of amides is 1. The van der Waals surface area contributed by atoms with Gasteiger partial charge in [-0.1, -0.05) is 31.0 Å². The number of carbonyl (C=O) groups is 1. The number of benzene rings is 1. The van der Waals surface area contributed by atoms with Crippen molar-refractivity contribution in [2.45, 2.75) is 32.1 Å². The molecular formula is C17H24N2O. The highest BCUT2D eigenvalue weighted by molar-refractivity contribution is 5.97. The number of anilines is 1. The van der Waals surface area contributed by atoms with Gasteiger partial charge in [0.15, 0.2) is 0 Å². The zero-order chi connectivity index (χ0) is 13.9. The molecule has 2 fully saturated rings. The second-order valence-corrected chi connectivity index (χ2v) is 6.11. The molecule has 0 bridgehead atoms. The van der Waals surface area contributed by atoms with Crippen molar-refractivity contribution in [3.05, 3.63) is 30.3 Å². The minimum absolute atomic E-state index is 0.287. The van der Waals surface area contributed by atoms with Gasteiger partial charge in [0.25, 0.3) is 0 Å². The number of hydrogen-bond donors (Lipinski definition) is 1. The third-order valence-corrected chi connectivity index (χ3v) is 4.86. The van der Waals surface area contributed by atoms with E-state index in [0.29, 0.717) is 24.3 Å². The second kappa shape index (κ2) is 5.96. The summed E-state index contributed by atoms with van der Waals surface area (Å²) in [5.41, 5.74) is 6.65. The lowest BCUT2D eigenvalue weighted by Crippen LogP contribution is -2.34. The number of hydrogen-bond acceptors (Lipinski definition) is 2. The van der Waals surface area contributed by atoms with Crippen molar-refractivity contribution in [3.63, 3.8) is 0 Å². The van der Waals surface area contributed by atoms with E-state index in [1.165, 1.54) is 25.7 Å². The van der Waals surface area contributed by atoms with E-state index >= 15 is 0 Å². The van der Waals surface area contributed by atoms with E-state index in [9.17, 15) is 4.79 Å². The summed E-state index contributed by atoms with van der Waals surface area (Å²) < 4.78 is 0. The summed E-state index contributed by atoms with van der Waals surface area (Å²) in [6, 6.07) is 10.0. The van der Waals surface area contributed by atoms with Crippen molar-refractivity contribution in [2.75, 3.05) is 18.0 Å². The maximum absolute atomic E-state index is 12.9. The van der Waals surface area contributed by atoms with Gasteiger partial charge in [0, 0.05) is 18.2 Å². The Morgan fingerprint density at radius 1 is 1.15 bits per heavy atom. The molecule has 2 unspecified atom stereocenters. The fraction of sp³-hybridized carbons (Fsp3) is 0.588. The second-order valence-electron chi connectivity index (χ2n) is 6.11. The monoisotopic (exact) mass is 272 g/mol. The molecule has 3 rings (SSSR count). The number of fused-ring (bicyclic) bond motifs is 1. The SMILES string of the molecule is NCCCN(C(=O)C1C2CCCCC21)c1ccccc1. The highest BCUT2D eigenvalue weighted by atomic mass is 16.2. The van der Waals surface area contributed by atoms with Gasteiger partial charge in [-0.05, 0) is 49.8 Å². The first-order valence-corrected chi connectivity index (χ1v) is 7.89. The molecule has 0 saturated heterocycles. The predicted octanol–water partition coefficient (Wildman–Crippen LogP) is 2.80. The molecule has 2 atom stereocenters. The normalized spacial score (nSPS) is 27.8. The van der Waals surface area contributed by atoms with Gasteiger partial charge in [0.1, 0.15) is 0 Å². The Hall–Kier alpha value is -1.35. The van der Waals surface area contributed by atoms with Crippen LogP contribution in [-0.2, 0) is 4.79 Å². The average Bonchev–Trinajstić information content (AvgIpc) is 3.23. The molecule has 2 aliphatic rings. The van der Waals surface area contributed by atoms with Gasteiger partial charge in [0.05, 0.1) is 0 Å². The molecule has 0 heterocycles. The first-order valence-electron chi connectivity index (χ1n) is 7.89. The Morgan fingerprint density at radius 2 is 1.80 bits per heavy atom. The van der Waals surface area contributed by atoms with Gasteiger partial charge in [0.2, 0.25) is 5.91 Å². The van der Waals surface area contributed by atoms with E-state index in [0.717, 1.165) is 18.7 Å². The van der Waals surface area contributed by atoms with Crippen LogP contribution >= 0.6 is 0 Å². The highest BCUT2D eigenvalue weighted by Gasteiger charge is 2.55. The molecule has 0 radical (unpaired) electrons. The van der Waals surface area contributed by atoms with E-state index < -0.39 is 0 Å². The zero-order valence-corrected chi connectivity index (χ0v) is 12.0. The fourth-order valence-electron chi connectivity index (χ4n) is 3.76. The molecule has 108 valence electrons. The van der Waals surface area contributed by atoms with Crippen molar-refractivity contribution < 1.29 is 4.79 Å². The Morgan fingerprint density at radius 3 is 2.40 bits per heavy atom. The van der Waals surface area contributed by atoms with Crippen LogP contribution in [0.5, 0.6) is 0 Å². The van der Waals surface area contributed by atoms with Crippen LogP contribution in [0, 0.1) is 17.8 Å². The van der Waals surface area contributed by atoms with Crippen LogP contribution in [0.25, 0.3) is 0 Å². The summed E-state index contributed by atoms with van der Waals surface area (Å²) in [6.07, 6.45) is 5.97. The van der Waals surface area contributed by atoms with Gasteiger partial charge in [-0.15, -0.1) is 0 Å². The largest absolute Gasteiger partial charge is 0.330 e. The van der Waals surface area contributed by atoms with E-state index in [1.54, 1.807) is 0 Å². The lowest BCUT2D eigenvalue weighted by Gasteiger charge is -2.23. The van der Waals surface area contributed by atoms with E-state index in [1.807, 2.05) is 35.2 Å². The standard InChI is InChI=1S/C17H24N2O/c18-11-6-12-19(13-7-2-1-3-8-13)17(20)16-14-9-4-5-10-15(14)16/h1-3,7-8,14-16H,4-6,9-12,18H2. The molecule has 1 amide bonds. The van der Waals surface area contributed by atoms with Gasteiger partial charge < -0.3 is 10.6 Å². The summed E-state index contributed by atoms with van der Waals surface area (Å²) in [5, 5.41) is 0. The van der Waals surface area contributed by atoms with Crippen molar-refractivity contribution in [1.29, 1.82) is 0 Å². The molecule has 3 nitrogen and oxygen atoms in total. The number of carbonyl (C=O) groups excluding carboxylic acids is 1. The van der Waals surface area contributed by atoms with Crippen molar-refractivity contribution >= 4 is 11.6 Å². The summed E-state index contributed by atoms with van der Waals surface area (Å²) in [7, 11) is 0. The van der Waals surface area contributed by atoms with E-state index in [4.69, 9.17) is 5.73 Å². The highest BCUT2D eigenvalue weighted by Crippen LogP contribution is 2.56. The summed E-state index contributed by atoms with van der Waals surface area (Å²) in [4.78, 5) is 14.8. The lowest BCUT2D eigenvalue weighted by molar-refractivity contribution is -0.120. The quantitative estimate of drug-likeness (QED) is 0.896. The first-order chi connectivity index (χ1) is 9.83. The van der Waals surface area contributed by atoms with Crippen LogP contribution in [0.3, 0.4) is 0 Å². The molecule has 0 spiro atoms. The molecule has 1 aromatic rings. The zero-order valence-electron chi connectivity index (χ0n) is 12.0. The van der Waals surface area contributed by atoms with Crippen LogP contribution in [0.1, 0.15) is 32.1 Å². The smallest absolute Gasteiger partial charge is 0.230 e. The molecule has 0 aliphatic heterocycles. The molecule has 2 aliphatic carbocycles. The predicted molar refractivity (Wildman–Crippen MR) is 81.4 cm³/mol. The summed E-state index contributed by atoms with van der Waals surface area (Å²) in [6.45, 7) is 1.38. The Bertz CT molecular complexity index is 447. The number of nitrogens with zero attached hydrogens (tertiary/aromatic N) is 1. The fourth-order valence-corrected chi connectivity index (χ4v) is 3.76. The molecule has 0 aromatic heterocycles. The minimum Gasteiger partial charge on any atom is -0.330 e. The first kappa shape index (κ1) is 13.6. The Labute approximate surface area is 121 Å². The molecular weight excluding hydrogens is 248 g/mol. The third kappa shape index (κ3) is 2.59. The molecule has 3 heteroatoms. The molecule has 20 heavy (non-hydrogen) atoms. The van der Waals surface area contributed by atoms with Crippen LogP contribution in [0.4, 0.5) is 5.69 Å². The Balaban J connectivity index is 1.74. The number of nitrogens with two attached hydrogens (primary N) is 1. The lowest BCUT2D eigenvalue weighted by atomic mass is 10.0. The van der Waals surface area contributed by atoms with Gasteiger partial charge in [-0.3, -0.25) is 4.79 Å². The van der Waals surface area contributed by atoms with Gasteiger partial charge >= 0.3 is 0 Å². The molecule has 2 saturated carbocycles. The average molecular weight is 272 g/mol. The van der Waals surface area contributed by atoms with Crippen LogP contribution < -0.4 is 10.6 Å². The number of rotatable bonds is 5. The Kier molecular flexibility index (Phi) is 4.06. The number of para-hydroxylation sites is 1. The topological polar surface area (TPSA) is 46.3 Å². The summed E-state index contributed by atoms with van der Waals surface area (Å²) >= 11 is 0. The van der Waals surface area contributed by atoms with Crippen molar-refractivity contribution in [2.24, 2.45) is 23.5 Å². The molecule has 1 aromatic carbocycles. The van der Waals surface area contributed by atoms with Crippen molar-refractivity contribution in [3.8, 4) is 0 Å². The van der Waals surface area contributed by atoms with Crippen LogP contribution in [0.15, 0.2) is 30.3 Å². The van der Waals surface area contributed by atoms with E-state index in [-0.39, 0.29) is 5.92 Å². The van der Waals surface area contributed by atoms with Crippen LogP contribution in [-0.4, -0.2) is 19.0 Å². The van der Waals surface area contributed by atoms with Crippen LogP contribution in [0.2, 0.25) is 0 Å². The minimum atomic E-state index is 0.287. The maximum Gasteiger partial charge on any atom is 0.230 e. The van der Waals surface area contributed by atoms with Gasteiger partial charge in [-0.2, -0.15) is 0 Å². The maximum atomic E-state index is 12.9.